The van der Waals surface area contributed by atoms with Crippen LogP contribution in [0.2, 0.25) is 0 Å². The maximum Gasteiger partial charge on any atom is 0.339 e. The lowest BCUT2D eigenvalue weighted by Gasteiger charge is -2.12. The molecule has 3 rings (SSSR count). The highest BCUT2D eigenvalue weighted by Crippen LogP contribution is 2.33. The Morgan fingerprint density at radius 1 is 1.21 bits per heavy atom. The van der Waals surface area contributed by atoms with E-state index in [1.807, 2.05) is 25.5 Å². The average molecular weight is 422 g/mol. The Hall–Kier alpha value is -2.06. The van der Waals surface area contributed by atoms with Crippen molar-refractivity contribution in [3.63, 3.8) is 0 Å². The largest absolute Gasteiger partial charge is 0.454 e. The molecule has 0 aliphatic carbocycles. The van der Waals surface area contributed by atoms with Gasteiger partial charge in [0.15, 0.2) is 16.4 Å². The summed E-state index contributed by atoms with van der Waals surface area (Å²) in [6.45, 7) is 3.43. The van der Waals surface area contributed by atoms with Gasteiger partial charge in [-0.25, -0.2) is 13.2 Å². The summed E-state index contributed by atoms with van der Waals surface area (Å²) in [5.41, 5.74) is 2.69. The van der Waals surface area contributed by atoms with Gasteiger partial charge in [0.25, 0.3) is 0 Å². The van der Waals surface area contributed by atoms with E-state index in [4.69, 9.17) is 4.74 Å². The Labute approximate surface area is 169 Å². The lowest BCUT2D eigenvalue weighted by Crippen LogP contribution is -2.16. The molecule has 28 heavy (non-hydrogen) atoms. The first kappa shape index (κ1) is 20.7. The second kappa shape index (κ2) is 8.13. The third-order valence-corrected chi connectivity index (χ3v) is 8.33. The number of rotatable bonds is 6. The number of thioether (sulfide) groups is 1. The smallest absolute Gasteiger partial charge is 0.339 e. The first-order valence-electron chi connectivity index (χ1n) is 8.97. The molecule has 1 fully saturated rings. The first-order valence-corrected chi connectivity index (χ1v) is 11.7. The summed E-state index contributed by atoms with van der Waals surface area (Å²) in [6, 6.07) is 8.72. The van der Waals surface area contributed by atoms with Crippen LogP contribution in [0.5, 0.6) is 0 Å². The number of hydrogen-bond acceptors (Lipinski definition) is 6. The van der Waals surface area contributed by atoms with Crippen LogP contribution >= 0.6 is 11.8 Å². The van der Waals surface area contributed by atoms with Gasteiger partial charge in [0, 0.05) is 34.1 Å². The second-order valence-corrected chi connectivity index (χ2v) is 10.6. The Morgan fingerprint density at radius 2 is 1.93 bits per heavy atom. The van der Waals surface area contributed by atoms with Gasteiger partial charge in [-0.3, -0.25) is 4.79 Å². The molecule has 0 bridgehead atoms. The van der Waals surface area contributed by atoms with Gasteiger partial charge in [-0.2, -0.15) is 0 Å². The van der Waals surface area contributed by atoms with Gasteiger partial charge in [0.05, 0.1) is 17.1 Å². The highest BCUT2D eigenvalue weighted by molar-refractivity contribution is 8.02. The average Bonchev–Trinajstić information content (AvgIpc) is 3.13. The zero-order valence-corrected chi connectivity index (χ0v) is 17.7. The Morgan fingerprint density at radius 3 is 2.54 bits per heavy atom. The summed E-state index contributed by atoms with van der Waals surface area (Å²) >= 11 is 1.38. The highest BCUT2D eigenvalue weighted by Gasteiger charge is 2.29. The predicted octanol–water partition coefficient (Wildman–Crippen LogP) is 2.96. The molecule has 0 amide bonds. The minimum atomic E-state index is -2.99. The number of nitrogens with zero attached hydrogens (tertiary/aromatic N) is 1. The molecule has 8 heteroatoms. The van der Waals surface area contributed by atoms with E-state index in [0.29, 0.717) is 22.4 Å². The SMILES string of the molecule is Cc1cc(C(=O)COC(=O)c2ccccc2S[C@H]2CCS(=O)(=O)C2)c(C)n1C. The van der Waals surface area contributed by atoms with Gasteiger partial charge >= 0.3 is 5.97 Å². The van der Waals surface area contributed by atoms with E-state index < -0.39 is 15.8 Å². The number of ether oxygens (including phenoxy) is 1. The monoisotopic (exact) mass is 421 g/mol. The minimum absolute atomic E-state index is 0.0736. The van der Waals surface area contributed by atoms with E-state index >= 15 is 0 Å². The zero-order valence-electron chi connectivity index (χ0n) is 16.1. The standard InChI is InChI=1S/C20H23NO5S2/c1-13-10-17(14(2)21(13)3)18(22)11-26-20(23)16-6-4-5-7-19(16)27-15-8-9-28(24,25)12-15/h4-7,10,15H,8-9,11-12H2,1-3H3/t15-/m0/s1. The minimum Gasteiger partial charge on any atom is -0.454 e. The molecular formula is C20H23NO5S2. The van der Waals surface area contributed by atoms with Crippen molar-refractivity contribution in [2.45, 2.75) is 30.4 Å². The van der Waals surface area contributed by atoms with Crippen LogP contribution in [-0.4, -0.2) is 48.1 Å². The molecular weight excluding hydrogens is 398 g/mol. The number of aromatic nitrogens is 1. The third kappa shape index (κ3) is 4.50. The van der Waals surface area contributed by atoms with E-state index in [1.54, 1.807) is 30.3 Å². The van der Waals surface area contributed by atoms with Gasteiger partial charge in [-0.15, -0.1) is 11.8 Å². The Balaban J connectivity index is 1.68. The molecule has 6 nitrogen and oxygen atoms in total. The van der Waals surface area contributed by atoms with Crippen LogP contribution in [0.3, 0.4) is 0 Å². The van der Waals surface area contributed by atoms with Crippen molar-refractivity contribution < 1.29 is 22.7 Å². The van der Waals surface area contributed by atoms with E-state index in [0.717, 1.165) is 11.4 Å². The maximum absolute atomic E-state index is 12.5. The number of carbonyl (C=O) groups is 2. The lowest BCUT2D eigenvalue weighted by atomic mass is 10.1. The Bertz CT molecular complexity index is 1020. The molecule has 0 saturated carbocycles. The predicted molar refractivity (Wildman–Crippen MR) is 109 cm³/mol. The van der Waals surface area contributed by atoms with Crippen LogP contribution in [0.1, 0.15) is 38.5 Å². The van der Waals surface area contributed by atoms with Crippen molar-refractivity contribution >= 4 is 33.4 Å². The molecule has 1 aromatic heterocycles. The quantitative estimate of drug-likeness (QED) is 0.527. The van der Waals surface area contributed by atoms with Crippen molar-refractivity contribution in [2.75, 3.05) is 18.1 Å². The van der Waals surface area contributed by atoms with Crippen molar-refractivity contribution in [2.24, 2.45) is 7.05 Å². The molecule has 2 heterocycles. The molecule has 2 aromatic rings. The summed E-state index contributed by atoms with van der Waals surface area (Å²) in [7, 11) is -1.11. The third-order valence-electron chi connectivity index (χ3n) is 5.00. The fraction of sp³-hybridized carbons (Fsp3) is 0.400. The number of benzene rings is 1. The first-order chi connectivity index (χ1) is 13.2. The van der Waals surface area contributed by atoms with Gasteiger partial charge < -0.3 is 9.30 Å². The normalized spacial score (nSPS) is 18.2. The van der Waals surface area contributed by atoms with E-state index in [9.17, 15) is 18.0 Å². The van der Waals surface area contributed by atoms with Crippen LogP contribution in [0.4, 0.5) is 0 Å². The van der Waals surface area contributed by atoms with Gasteiger partial charge in [-0.1, -0.05) is 12.1 Å². The molecule has 1 saturated heterocycles. The fourth-order valence-corrected chi connectivity index (χ4v) is 6.81. The highest BCUT2D eigenvalue weighted by atomic mass is 32.2. The number of esters is 1. The fourth-order valence-electron chi connectivity index (χ4n) is 3.20. The number of ketones is 1. The summed E-state index contributed by atoms with van der Waals surface area (Å²) in [5, 5.41) is -0.0736. The number of Topliss-reactive ketones (excluding diaryl/α,β-unsaturated/α-hetero) is 1. The van der Waals surface area contributed by atoms with Crippen molar-refractivity contribution in [1.29, 1.82) is 0 Å². The molecule has 1 atom stereocenters. The van der Waals surface area contributed by atoms with E-state index in [-0.39, 0.29) is 29.1 Å². The van der Waals surface area contributed by atoms with Crippen LogP contribution in [0, 0.1) is 13.8 Å². The molecule has 0 unspecified atom stereocenters. The summed E-state index contributed by atoms with van der Waals surface area (Å²) in [6.07, 6.45) is 0.571. The van der Waals surface area contributed by atoms with Crippen LogP contribution < -0.4 is 0 Å². The van der Waals surface area contributed by atoms with Crippen molar-refractivity contribution in [3.05, 3.63) is 52.8 Å². The summed E-state index contributed by atoms with van der Waals surface area (Å²) in [4.78, 5) is 25.7. The molecule has 0 N–H and O–H groups in total. The van der Waals surface area contributed by atoms with Crippen molar-refractivity contribution in [1.82, 2.24) is 4.57 Å². The molecule has 1 aromatic carbocycles. The summed E-state index contributed by atoms with van der Waals surface area (Å²) < 4.78 is 30.5. The number of hydrogen-bond donors (Lipinski definition) is 0. The van der Waals surface area contributed by atoms with E-state index in [2.05, 4.69) is 0 Å². The second-order valence-electron chi connectivity index (χ2n) is 6.98. The van der Waals surface area contributed by atoms with Crippen LogP contribution in [0.25, 0.3) is 0 Å². The van der Waals surface area contributed by atoms with E-state index in [1.165, 1.54) is 11.8 Å². The lowest BCUT2D eigenvalue weighted by molar-refractivity contribution is 0.0471. The number of carbonyl (C=O) groups excluding carboxylic acids is 2. The van der Waals surface area contributed by atoms with Gasteiger partial charge in [0.1, 0.15) is 0 Å². The molecule has 1 aliphatic heterocycles. The van der Waals surface area contributed by atoms with Crippen LogP contribution in [0.15, 0.2) is 35.2 Å². The zero-order chi connectivity index (χ0) is 20.5. The number of aryl methyl sites for hydroxylation is 1. The van der Waals surface area contributed by atoms with Gasteiger partial charge in [-0.05, 0) is 38.5 Å². The summed E-state index contributed by atoms with van der Waals surface area (Å²) in [5.74, 6) is -0.530. The molecule has 0 spiro atoms. The topological polar surface area (TPSA) is 82.4 Å². The Kier molecular flexibility index (Phi) is 6.00. The molecule has 0 radical (unpaired) electrons. The van der Waals surface area contributed by atoms with Crippen LogP contribution in [-0.2, 0) is 21.6 Å². The van der Waals surface area contributed by atoms with Crippen molar-refractivity contribution in [3.8, 4) is 0 Å². The number of sulfone groups is 1. The van der Waals surface area contributed by atoms with Gasteiger partial charge in [0.2, 0.25) is 5.78 Å². The maximum atomic E-state index is 12.5. The molecule has 150 valence electrons. The molecule has 1 aliphatic rings.